The van der Waals surface area contributed by atoms with E-state index in [-0.39, 0.29) is 5.82 Å². The number of carbonyl (C=O) groups excluding carboxylic acids is 1. The molecule has 0 saturated heterocycles. The second-order valence-corrected chi connectivity index (χ2v) is 4.40. The van der Waals surface area contributed by atoms with E-state index in [9.17, 15) is 9.18 Å². The predicted octanol–water partition coefficient (Wildman–Crippen LogP) is 2.87. The van der Waals surface area contributed by atoms with Crippen LogP contribution >= 0.6 is 11.8 Å². The third-order valence-corrected chi connectivity index (χ3v) is 3.42. The van der Waals surface area contributed by atoms with Gasteiger partial charge in [0.25, 0.3) is 0 Å². The van der Waals surface area contributed by atoms with Crippen molar-refractivity contribution < 1.29 is 9.18 Å². The molecule has 1 aromatic carbocycles. The largest absolute Gasteiger partial charge is 0.235 e. The lowest BCUT2D eigenvalue weighted by molar-refractivity contribution is 0.544. The van der Waals surface area contributed by atoms with Gasteiger partial charge in [0.05, 0.1) is 0 Å². The fraction of sp³-hybridized carbons (Fsp3) is 0.364. The SMILES string of the molecule is CSc1cccc(F)c1C1(N=C=O)CC1. The lowest BCUT2D eigenvalue weighted by Crippen LogP contribution is -2.07. The molecule has 0 heterocycles. The van der Waals surface area contributed by atoms with E-state index in [1.54, 1.807) is 12.1 Å². The van der Waals surface area contributed by atoms with Gasteiger partial charge in [-0.15, -0.1) is 11.8 Å². The molecule has 15 heavy (non-hydrogen) atoms. The number of aliphatic imine (C=N–C) groups is 1. The molecule has 1 aliphatic carbocycles. The summed E-state index contributed by atoms with van der Waals surface area (Å²) in [7, 11) is 0. The zero-order valence-electron chi connectivity index (χ0n) is 8.29. The van der Waals surface area contributed by atoms with Crippen LogP contribution in [0.3, 0.4) is 0 Å². The first-order valence-electron chi connectivity index (χ1n) is 4.65. The van der Waals surface area contributed by atoms with E-state index < -0.39 is 5.54 Å². The fourth-order valence-electron chi connectivity index (χ4n) is 1.75. The van der Waals surface area contributed by atoms with Crippen LogP contribution in [0.25, 0.3) is 0 Å². The van der Waals surface area contributed by atoms with Gasteiger partial charge >= 0.3 is 0 Å². The monoisotopic (exact) mass is 223 g/mol. The van der Waals surface area contributed by atoms with Gasteiger partial charge in [-0.2, -0.15) is 4.99 Å². The van der Waals surface area contributed by atoms with Crippen molar-refractivity contribution in [2.45, 2.75) is 23.3 Å². The maximum absolute atomic E-state index is 13.7. The topological polar surface area (TPSA) is 29.4 Å². The van der Waals surface area contributed by atoms with Crippen molar-refractivity contribution >= 4 is 17.8 Å². The Kier molecular flexibility index (Phi) is 2.63. The average molecular weight is 223 g/mol. The number of hydrogen-bond donors (Lipinski definition) is 0. The van der Waals surface area contributed by atoms with Crippen LogP contribution in [0.5, 0.6) is 0 Å². The summed E-state index contributed by atoms with van der Waals surface area (Å²) in [6.45, 7) is 0. The molecule has 1 aliphatic rings. The lowest BCUT2D eigenvalue weighted by Gasteiger charge is -2.13. The second-order valence-electron chi connectivity index (χ2n) is 3.55. The molecule has 4 heteroatoms. The fourth-order valence-corrected chi connectivity index (χ4v) is 2.46. The molecular formula is C11H10FNOS. The van der Waals surface area contributed by atoms with Crippen LogP contribution in [-0.2, 0) is 10.3 Å². The molecule has 1 fully saturated rings. The van der Waals surface area contributed by atoms with E-state index in [0.717, 1.165) is 17.7 Å². The maximum atomic E-state index is 13.7. The summed E-state index contributed by atoms with van der Waals surface area (Å²) >= 11 is 1.47. The van der Waals surface area contributed by atoms with Gasteiger partial charge < -0.3 is 0 Å². The first-order valence-corrected chi connectivity index (χ1v) is 5.88. The van der Waals surface area contributed by atoms with Crippen LogP contribution < -0.4 is 0 Å². The van der Waals surface area contributed by atoms with Crippen LogP contribution in [0.15, 0.2) is 28.1 Å². The van der Waals surface area contributed by atoms with Crippen LogP contribution in [0.4, 0.5) is 4.39 Å². The zero-order valence-corrected chi connectivity index (χ0v) is 9.10. The van der Waals surface area contributed by atoms with E-state index in [4.69, 9.17) is 0 Å². The molecule has 0 aromatic heterocycles. The highest BCUT2D eigenvalue weighted by atomic mass is 32.2. The number of isocyanates is 1. The van der Waals surface area contributed by atoms with Gasteiger partial charge in [-0.1, -0.05) is 6.07 Å². The van der Waals surface area contributed by atoms with Crippen molar-refractivity contribution in [1.82, 2.24) is 0 Å². The smallest absolute Gasteiger partial charge is 0.211 e. The highest BCUT2D eigenvalue weighted by Crippen LogP contribution is 2.52. The van der Waals surface area contributed by atoms with E-state index in [1.165, 1.54) is 17.8 Å². The average Bonchev–Trinajstić information content (AvgIpc) is 2.98. The molecule has 0 radical (unpaired) electrons. The maximum Gasteiger partial charge on any atom is 0.235 e. The summed E-state index contributed by atoms with van der Waals surface area (Å²) in [5, 5.41) is 0. The molecule has 0 N–H and O–H groups in total. The summed E-state index contributed by atoms with van der Waals surface area (Å²) in [5.74, 6) is -0.279. The number of thioether (sulfide) groups is 1. The molecular weight excluding hydrogens is 213 g/mol. The van der Waals surface area contributed by atoms with Gasteiger partial charge in [0.1, 0.15) is 11.4 Å². The summed E-state index contributed by atoms with van der Waals surface area (Å²) in [6, 6.07) is 4.93. The molecule has 1 saturated carbocycles. The van der Waals surface area contributed by atoms with Crippen LogP contribution in [0, 0.1) is 5.82 Å². The van der Waals surface area contributed by atoms with Gasteiger partial charge in [0.2, 0.25) is 6.08 Å². The second kappa shape index (κ2) is 3.80. The number of hydrogen-bond acceptors (Lipinski definition) is 3. The minimum atomic E-state index is -0.620. The molecule has 0 amide bonds. The van der Waals surface area contributed by atoms with Gasteiger partial charge in [0.15, 0.2) is 0 Å². The Morgan fingerprint density at radius 3 is 2.80 bits per heavy atom. The molecule has 0 bridgehead atoms. The Hall–Kier alpha value is -1.12. The van der Waals surface area contributed by atoms with E-state index in [1.807, 2.05) is 12.3 Å². The molecule has 2 nitrogen and oxygen atoms in total. The van der Waals surface area contributed by atoms with E-state index >= 15 is 0 Å². The van der Waals surface area contributed by atoms with E-state index in [0.29, 0.717) is 5.56 Å². The Balaban J connectivity index is 2.56. The minimum absolute atomic E-state index is 0.279. The summed E-state index contributed by atoms with van der Waals surface area (Å²) < 4.78 is 13.7. The van der Waals surface area contributed by atoms with Crippen molar-refractivity contribution in [3.63, 3.8) is 0 Å². The zero-order chi connectivity index (χ0) is 10.9. The third kappa shape index (κ3) is 1.71. The van der Waals surface area contributed by atoms with Crippen molar-refractivity contribution in [3.8, 4) is 0 Å². The quantitative estimate of drug-likeness (QED) is 0.448. The summed E-state index contributed by atoms with van der Waals surface area (Å²) in [5.41, 5.74) is -0.0633. The Bertz CT molecular complexity index is 436. The van der Waals surface area contributed by atoms with Crippen LogP contribution in [0.1, 0.15) is 18.4 Å². The normalized spacial score (nSPS) is 16.9. The molecule has 0 aliphatic heterocycles. The molecule has 1 aromatic rings. The van der Waals surface area contributed by atoms with Gasteiger partial charge in [-0.25, -0.2) is 9.18 Å². The van der Waals surface area contributed by atoms with Crippen molar-refractivity contribution in [1.29, 1.82) is 0 Å². The summed E-state index contributed by atoms with van der Waals surface area (Å²) in [4.78, 5) is 14.9. The third-order valence-electron chi connectivity index (χ3n) is 2.64. The van der Waals surface area contributed by atoms with Crippen LogP contribution in [-0.4, -0.2) is 12.3 Å². The predicted molar refractivity (Wildman–Crippen MR) is 57.2 cm³/mol. The molecule has 2 rings (SSSR count). The molecule has 0 unspecified atom stereocenters. The number of halogens is 1. The minimum Gasteiger partial charge on any atom is -0.211 e. The highest BCUT2D eigenvalue weighted by Gasteiger charge is 2.48. The standard InChI is InChI=1S/C11H10FNOS/c1-15-9-4-2-3-8(12)10(9)11(5-6-11)13-7-14/h2-4H,5-6H2,1H3. The lowest BCUT2D eigenvalue weighted by atomic mass is 10.0. The number of rotatable bonds is 3. The number of benzene rings is 1. The van der Waals surface area contributed by atoms with Crippen molar-refractivity contribution in [2.75, 3.05) is 6.26 Å². The van der Waals surface area contributed by atoms with E-state index in [2.05, 4.69) is 4.99 Å². The van der Waals surface area contributed by atoms with Gasteiger partial charge in [0, 0.05) is 10.5 Å². The molecule has 0 spiro atoms. The Labute approximate surface area is 91.6 Å². The first kappa shape index (κ1) is 10.4. The molecule has 0 atom stereocenters. The first-order chi connectivity index (χ1) is 7.23. The summed E-state index contributed by atoms with van der Waals surface area (Å²) in [6.07, 6.45) is 4.90. The highest BCUT2D eigenvalue weighted by molar-refractivity contribution is 7.98. The number of nitrogens with zero attached hydrogens (tertiary/aromatic N) is 1. The van der Waals surface area contributed by atoms with Gasteiger partial charge in [-0.3, -0.25) is 0 Å². The van der Waals surface area contributed by atoms with Crippen molar-refractivity contribution in [3.05, 3.63) is 29.6 Å². The van der Waals surface area contributed by atoms with Crippen molar-refractivity contribution in [2.24, 2.45) is 4.99 Å². The molecule has 78 valence electrons. The van der Waals surface area contributed by atoms with Gasteiger partial charge in [-0.05, 0) is 31.2 Å². The van der Waals surface area contributed by atoms with Crippen LogP contribution in [0.2, 0.25) is 0 Å². The Morgan fingerprint density at radius 2 is 2.27 bits per heavy atom. The Morgan fingerprint density at radius 1 is 1.53 bits per heavy atom.